The van der Waals surface area contributed by atoms with Crippen LogP contribution in [0, 0.1) is 22.7 Å². The minimum absolute atomic E-state index is 0.176. The molecule has 0 atom stereocenters. The Morgan fingerprint density at radius 2 is 2.06 bits per heavy atom. The zero-order chi connectivity index (χ0) is 13.8. The van der Waals surface area contributed by atoms with E-state index in [2.05, 4.69) is 39.1 Å². The van der Waals surface area contributed by atoms with Crippen molar-refractivity contribution in [3.8, 4) is 11.8 Å². The highest BCUT2D eigenvalue weighted by atomic mass is 16.5. The van der Waals surface area contributed by atoms with Gasteiger partial charge in [-0.2, -0.15) is 5.26 Å². The predicted molar refractivity (Wildman–Crippen MR) is 74.8 cm³/mol. The fourth-order valence-electron chi connectivity index (χ4n) is 1.42. The first kappa shape index (κ1) is 14.4. The van der Waals surface area contributed by atoms with E-state index in [1.807, 2.05) is 6.07 Å². The van der Waals surface area contributed by atoms with Crippen LogP contribution in [0.15, 0.2) is 18.2 Å². The topological polar surface area (TPSA) is 45.0 Å². The van der Waals surface area contributed by atoms with Crippen molar-refractivity contribution in [2.45, 2.75) is 27.7 Å². The molecule has 98 valence electrons. The summed E-state index contributed by atoms with van der Waals surface area (Å²) < 4.78 is 5.18. The van der Waals surface area contributed by atoms with Crippen LogP contribution in [-0.4, -0.2) is 13.7 Å². The second-order valence-corrected chi connectivity index (χ2v) is 5.52. The number of nitriles is 1. The van der Waals surface area contributed by atoms with Gasteiger partial charge in [-0.1, -0.05) is 27.7 Å². The van der Waals surface area contributed by atoms with E-state index in [9.17, 15) is 0 Å². The van der Waals surface area contributed by atoms with Gasteiger partial charge >= 0.3 is 0 Å². The summed E-state index contributed by atoms with van der Waals surface area (Å²) in [4.78, 5) is 0. The molecule has 18 heavy (non-hydrogen) atoms. The number of rotatable bonds is 5. The summed E-state index contributed by atoms with van der Waals surface area (Å²) >= 11 is 0. The average molecular weight is 246 g/mol. The molecule has 0 aromatic heterocycles. The van der Waals surface area contributed by atoms with Gasteiger partial charge in [0.15, 0.2) is 0 Å². The average Bonchev–Trinajstić information content (AvgIpc) is 2.35. The maximum atomic E-state index is 9.09. The van der Waals surface area contributed by atoms with Crippen molar-refractivity contribution in [2.24, 2.45) is 11.3 Å². The molecule has 0 aliphatic carbocycles. The molecule has 0 radical (unpaired) electrons. The van der Waals surface area contributed by atoms with Crippen LogP contribution >= 0.6 is 0 Å². The SMILES string of the molecule is COc1ccc(C#N)c(NCC(C)(C)C(C)C)c1. The number of anilines is 1. The molecule has 1 rings (SSSR count). The van der Waals surface area contributed by atoms with Gasteiger partial charge in [0.1, 0.15) is 11.8 Å². The molecular weight excluding hydrogens is 224 g/mol. The van der Waals surface area contributed by atoms with Gasteiger partial charge in [0, 0.05) is 12.6 Å². The largest absolute Gasteiger partial charge is 0.497 e. The molecule has 3 heteroatoms. The van der Waals surface area contributed by atoms with E-state index < -0.39 is 0 Å². The van der Waals surface area contributed by atoms with Crippen molar-refractivity contribution in [2.75, 3.05) is 19.0 Å². The van der Waals surface area contributed by atoms with Crippen LogP contribution in [0.4, 0.5) is 5.69 Å². The van der Waals surface area contributed by atoms with E-state index in [0.717, 1.165) is 18.0 Å². The minimum atomic E-state index is 0.176. The van der Waals surface area contributed by atoms with Crippen molar-refractivity contribution in [3.63, 3.8) is 0 Å². The van der Waals surface area contributed by atoms with Gasteiger partial charge in [0.25, 0.3) is 0 Å². The summed E-state index contributed by atoms with van der Waals surface area (Å²) in [7, 11) is 1.63. The lowest BCUT2D eigenvalue weighted by Gasteiger charge is -2.30. The van der Waals surface area contributed by atoms with Gasteiger partial charge in [0.2, 0.25) is 0 Å². The summed E-state index contributed by atoms with van der Waals surface area (Å²) in [5.74, 6) is 1.33. The summed E-state index contributed by atoms with van der Waals surface area (Å²) in [6.07, 6.45) is 0. The predicted octanol–water partition coefficient (Wildman–Crippen LogP) is 3.66. The van der Waals surface area contributed by atoms with Crippen LogP contribution in [0.5, 0.6) is 5.75 Å². The number of methoxy groups -OCH3 is 1. The number of benzene rings is 1. The molecule has 0 aliphatic rings. The first-order valence-electron chi connectivity index (χ1n) is 6.22. The Morgan fingerprint density at radius 1 is 1.39 bits per heavy atom. The Morgan fingerprint density at radius 3 is 2.56 bits per heavy atom. The summed E-state index contributed by atoms with van der Waals surface area (Å²) in [6, 6.07) is 7.65. The van der Waals surface area contributed by atoms with Crippen LogP contribution in [0.3, 0.4) is 0 Å². The standard InChI is InChI=1S/C15H22N2O/c1-11(2)15(3,4)10-17-14-8-13(18-5)7-6-12(14)9-16/h6-8,11,17H,10H2,1-5H3. The molecule has 0 amide bonds. The first-order chi connectivity index (χ1) is 8.40. The number of nitrogens with zero attached hydrogens (tertiary/aromatic N) is 1. The summed E-state index contributed by atoms with van der Waals surface area (Å²) in [5.41, 5.74) is 1.66. The van der Waals surface area contributed by atoms with Crippen molar-refractivity contribution in [3.05, 3.63) is 23.8 Å². The van der Waals surface area contributed by atoms with Crippen LogP contribution in [-0.2, 0) is 0 Å². The van der Waals surface area contributed by atoms with E-state index in [-0.39, 0.29) is 5.41 Å². The molecule has 1 N–H and O–H groups in total. The first-order valence-corrected chi connectivity index (χ1v) is 6.22. The Balaban J connectivity index is 2.87. The minimum Gasteiger partial charge on any atom is -0.497 e. The molecular formula is C15H22N2O. The zero-order valence-electron chi connectivity index (χ0n) is 11.9. The third kappa shape index (κ3) is 3.40. The van der Waals surface area contributed by atoms with E-state index >= 15 is 0 Å². The van der Waals surface area contributed by atoms with Gasteiger partial charge in [-0.25, -0.2) is 0 Å². The van der Waals surface area contributed by atoms with Crippen LogP contribution in [0.2, 0.25) is 0 Å². The second-order valence-electron chi connectivity index (χ2n) is 5.52. The van der Waals surface area contributed by atoms with Gasteiger partial charge in [0.05, 0.1) is 18.4 Å². The third-order valence-corrected chi connectivity index (χ3v) is 3.64. The number of nitrogens with one attached hydrogen (secondary N) is 1. The van der Waals surface area contributed by atoms with E-state index in [1.165, 1.54) is 0 Å². The lowest BCUT2D eigenvalue weighted by atomic mass is 9.81. The third-order valence-electron chi connectivity index (χ3n) is 3.64. The number of hydrogen-bond acceptors (Lipinski definition) is 3. The highest BCUT2D eigenvalue weighted by Gasteiger charge is 2.22. The monoisotopic (exact) mass is 246 g/mol. The van der Waals surface area contributed by atoms with Gasteiger partial charge in [-0.3, -0.25) is 0 Å². The summed E-state index contributed by atoms with van der Waals surface area (Å²) in [5, 5.41) is 12.4. The molecule has 3 nitrogen and oxygen atoms in total. The van der Waals surface area contributed by atoms with Crippen LogP contribution in [0.25, 0.3) is 0 Å². The highest BCUT2D eigenvalue weighted by molar-refractivity contribution is 5.60. The molecule has 0 fully saturated rings. The maximum absolute atomic E-state index is 9.09. The highest BCUT2D eigenvalue weighted by Crippen LogP contribution is 2.28. The normalized spacial score (nSPS) is 11.2. The van der Waals surface area contributed by atoms with Gasteiger partial charge in [-0.15, -0.1) is 0 Å². The number of hydrogen-bond donors (Lipinski definition) is 1. The molecule has 0 saturated carbocycles. The number of ether oxygens (including phenoxy) is 1. The Kier molecular flexibility index (Phi) is 4.61. The zero-order valence-corrected chi connectivity index (χ0v) is 11.9. The molecule has 0 bridgehead atoms. The van der Waals surface area contributed by atoms with Gasteiger partial charge in [-0.05, 0) is 23.5 Å². The quantitative estimate of drug-likeness (QED) is 0.862. The van der Waals surface area contributed by atoms with Crippen LogP contribution < -0.4 is 10.1 Å². The lowest BCUT2D eigenvalue weighted by Crippen LogP contribution is -2.28. The van der Waals surface area contributed by atoms with Crippen molar-refractivity contribution >= 4 is 5.69 Å². The van der Waals surface area contributed by atoms with Gasteiger partial charge < -0.3 is 10.1 Å². The lowest BCUT2D eigenvalue weighted by molar-refractivity contribution is 0.269. The van der Waals surface area contributed by atoms with Crippen molar-refractivity contribution < 1.29 is 4.74 Å². The molecule has 1 aromatic rings. The molecule has 0 heterocycles. The van der Waals surface area contributed by atoms with E-state index in [0.29, 0.717) is 11.5 Å². The Bertz CT molecular complexity index is 444. The summed E-state index contributed by atoms with van der Waals surface area (Å²) in [6.45, 7) is 9.68. The molecule has 1 aromatic carbocycles. The van der Waals surface area contributed by atoms with E-state index in [1.54, 1.807) is 19.2 Å². The second kappa shape index (κ2) is 5.77. The molecule has 0 unspecified atom stereocenters. The van der Waals surface area contributed by atoms with Crippen molar-refractivity contribution in [1.82, 2.24) is 0 Å². The fraction of sp³-hybridized carbons (Fsp3) is 0.533. The molecule has 0 saturated heterocycles. The smallest absolute Gasteiger partial charge is 0.121 e. The molecule has 0 aliphatic heterocycles. The molecule has 0 spiro atoms. The maximum Gasteiger partial charge on any atom is 0.121 e. The van der Waals surface area contributed by atoms with Crippen LogP contribution in [0.1, 0.15) is 33.3 Å². The van der Waals surface area contributed by atoms with Crippen molar-refractivity contribution in [1.29, 1.82) is 5.26 Å². The Labute approximate surface area is 110 Å². The van der Waals surface area contributed by atoms with E-state index in [4.69, 9.17) is 10.00 Å². The fourth-order valence-corrected chi connectivity index (χ4v) is 1.42. The Hall–Kier alpha value is -1.69.